The van der Waals surface area contributed by atoms with Crippen molar-refractivity contribution in [3.8, 4) is 0 Å². The number of nitrogens with zero attached hydrogens (tertiary/aromatic N) is 1. The van der Waals surface area contributed by atoms with Gasteiger partial charge in [-0.25, -0.2) is 0 Å². The largest absolute Gasteiger partial charge is 0.347 e. The quantitative estimate of drug-likeness (QED) is 0.0752. The molecular weight excluding hydrogens is 672 g/mol. The minimum Gasteiger partial charge on any atom is -0.347 e. The second kappa shape index (κ2) is 23.2. The summed E-state index contributed by atoms with van der Waals surface area (Å²) in [6.45, 7) is 21.5. The van der Waals surface area contributed by atoms with Crippen LogP contribution in [0.4, 0.5) is 0 Å². The van der Waals surface area contributed by atoms with Crippen LogP contribution in [0.3, 0.4) is 0 Å². The summed E-state index contributed by atoms with van der Waals surface area (Å²) in [7, 11) is 0. The van der Waals surface area contributed by atoms with E-state index in [0.29, 0.717) is 25.3 Å². The van der Waals surface area contributed by atoms with Crippen LogP contribution in [0.25, 0.3) is 0 Å². The van der Waals surface area contributed by atoms with Gasteiger partial charge >= 0.3 is 0 Å². The smallest absolute Gasteiger partial charge is 0.289 e. The van der Waals surface area contributed by atoms with Gasteiger partial charge in [-0.1, -0.05) is 87.0 Å². The molecule has 5 N–H and O–H groups in total. The third-order valence-corrected chi connectivity index (χ3v) is 10.7. The van der Waals surface area contributed by atoms with Gasteiger partial charge in [0.25, 0.3) is 5.91 Å². The molecular formula is C41H80N6O6. The fourth-order valence-electron chi connectivity index (χ4n) is 7.53. The summed E-state index contributed by atoms with van der Waals surface area (Å²) in [4.78, 5) is 79.1. The Morgan fingerprint density at radius 3 is 1.96 bits per heavy atom. The first-order valence-electron chi connectivity index (χ1n) is 20.0. The molecule has 0 bridgehead atoms. The Labute approximate surface area is 326 Å². The Kier molecular flexibility index (Phi) is 20.7. The van der Waals surface area contributed by atoms with Crippen LogP contribution in [0, 0.1) is 39.9 Å². The van der Waals surface area contributed by atoms with Crippen molar-refractivity contribution >= 4 is 47.1 Å². The molecule has 1 heterocycles. The van der Waals surface area contributed by atoms with Crippen molar-refractivity contribution in [3.05, 3.63) is 13.2 Å². The highest BCUT2D eigenvalue weighted by atomic mass is 16.2. The van der Waals surface area contributed by atoms with E-state index < -0.39 is 35.2 Å². The van der Waals surface area contributed by atoms with Gasteiger partial charge in [0.1, 0.15) is 17.8 Å². The normalized spacial score (nSPS) is 22.5. The number of carbonyl (C=O) groups excluding carboxylic acids is 6. The van der Waals surface area contributed by atoms with Crippen molar-refractivity contribution in [1.29, 1.82) is 10.8 Å². The number of rotatable bonds is 13. The van der Waals surface area contributed by atoms with Crippen LogP contribution >= 0.6 is 0 Å². The van der Waals surface area contributed by atoms with E-state index >= 15 is 0 Å². The molecule has 4 amide bonds. The number of Topliss-reactive ketones (excluding diaryl/α,β-unsaturated/α-hetero) is 2. The molecule has 4 rings (SSSR count). The topological polar surface area (TPSA) is 189 Å². The summed E-state index contributed by atoms with van der Waals surface area (Å²) in [5.74, 6) is -1.97. The third-order valence-electron chi connectivity index (χ3n) is 10.7. The number of carbonyl (C=O) groups is 6. The summed E-state index contributed by atoms with van der Waals surface area (Å²) >= 11 is 0. The molecule has 0 radical (unpaired) electrons. The van der Waals surface area contributed by atoms with E-state index in [4.69, 9.17) is 10.8 Å². The molecule has 0 aromatic rings. The number of ketones is 2. The number of likely N-dealkylation sites (tertiary alicyclic amines) is 1. The van der Waals surface area contributed by atoms with Crippen LogP contribution in [0.2, 0.25) is 0 Å². The van der Waals surface area contributed by atoms with Gasteiger partial charge in [0.05, 0.1) is 6.04 Å². The maximum atomic E-state index is 14.4. The molecule has 6 atom stereocenters. The minimum absolute atomic E-state index is 0. The van der Waals surface area contributed by atoms with E-state index in [1.807, 2.05) is 48.5 Å². The molecule has 12 nitrogen and oxygen atoms in total. The monoisotopic (exact) mass is 753 g/mol. The first-order valence-corrected chi connectivity index (χ1v) is 20.0. The lowest BCUT2D eigenvalue weighted by molar-refractivity contribution is -0.146. The van der Waals surface area contributed by atoms with Crippen LogP contribution in [0.5, 0.6) is 0 Å². The van der Waals surface area contributed by atoms with Crippen LogP contribution in [0.15, 0.2) is 13.2 Å². The molecule has 0 aromatic heterocycles. The van der Waals surface area contributed by atoms with Crippen LogP contribution in [0.1, 0.15) is 146 Å². The van der Waals surface area contributed by atoms with Crippen molar-refractivity contribution in [1.82, 2.24) is 20.9 Å². The SMILES string of the molecule is C=C.CC.CC(=O)C(=N)C=N.CCC[C@@H](NC(=O)[C@H]1C2CCCCC2CN1C(=O)[C@@H](NC(=O)[C@H](C)C1CCCCC1)C(C)(C)C)C(=O)C(=O)NC1CC1.[HH].[HH].[HH].[HH].[HH]. The highest BCUT2D eigenvalue weighted by Gasteiger charge is 2.51. The van der Waals surface area contributed by atoms with Crippen molar-refractivity contribution in [2.75, 3.05) is 6.54 Å². The first kappa shape index (κ1) is 47.3. The molecule has 3 aliphatic carbocycles. The van der Waals surface area contributed by atoms with Crippen LogP contribution in [-0.4, -0.2) is 82.7 Å². The lowest BCUT2D eigenvalue weighted by Gasteiger charge is -2.37. The Morgan fingerprint density at radius 2 is 1.47 bits per heavy atom. The number of amides is 4. The van der Waals surface area contributed by atoms with E-state index in [1.54, 1.807) is 4.90 Å². The Balaban J connectivity index is -0.000000524. The van der Waals surface area contributed by atoms with Crippen molar-refractivity contribution < 1.29 is 35.9 Å². The van der Waals surface area contributed by atoms with Gasteiger partial charge in [-0.05, 0) is 68.1 Å². The molecule has 3 saturated carbocycles. The predicted molar refractivity (Wildman–Crippen MR) is 221 cm³/mol. The van der Waals surface area contributed by atoms with Gasteiger partial charge in [0.15, 0.2) is 5.78 Å². The molecule has 0 spiro atoms. The lowest BCUT2D eigenvalue weighted by Crippen LogP contribution is -2.60. The van der Waals surface area contributed by atoms with E-state index in [-0.39, 0.29) is 60.1 Å². The Bertz CT molecular complexity index is 1290. The number of hydrogen-bond acceptors (Lipinski definition) is 8. The zero-order valence-electron chi connectivity index (χ0n) is 33.9. The average Bonchev–Trinajstić information content (AvgIpc) is 3.89. The maximum Gasteiger partial charge on any atom is 0.289 e. The van der Waals surface area contributed by atoms with Crippen molar-refractivity contribution in [2.45, 2.75) is 163 Å². The van der Waals surface area contributed by atoms with Gasteiger partial charge in [-0.2, -0.15) is 0 Å². The minimum atomic E-state index is -0.921. The highest BCUT2D eigenvalue weighted by Crippen LogP contribution is 2.42. The lowest BCUT2D eigenvalue weighted by atomic mass is 9.78. The van der Waals surface area contributed by atoms with E-state index in [9.17, 15) is 28.8 Å². The third kappa shape index (κ3) is 14.2. The summed E-state index contributed by atoms with van der Waals surface area (Å²) in [6, 6.07) is -2.37. The van der Waals surface area contributed by atoms with Gasteiger partial charge < -0.3 is 26.3 Å². The zero-order chi connectivity index (χ0) is 40.5. The highest BCUT2D eigenvalue weighted by molar-refractivity contribution is 6.59. The summed E-state index contributed by atoms with van der Waals surface area (Å²) in [5, 5.41) is 21.7. The molecule has 12 heteroatoms. The summed E-state index contributed by atoms with van der Waals surface area (Å²) in [5.41, 5.74) is -0.810. The fourth-order valence-corrected chi connectivity index (χ4v) is 7.53. The predicted octanol–water partition coefficient (Wildman–Crippen LogP) is 7.19. The molecule has 1 aliphatic heterocycles. The van der Waals surface area contributed by atoms with Gasteiger partial charge in [0.2, 0.25) is 23.5 Å². The van der Waals surface area contributed by atoms with Gasteiger partial charge in [0, 0.05) is 38.8 Å². The van der Waals surface area contributed by atoms with Crippen molar-refractivity contribution in [3.63, 3.8) is 0 Å². The number of fused-ring (bicyclic) bond motifs is 1. The number of hydrogen-bond donors (Lipinski definition) is 5. The fraction of sp³-hybridized carbons (Fsp3) is 0.756. The summed E-state index contributed by atoms with van der Waals surface area (Å²) < 4.78 is 0. The molecule has 1 saturated heterocycles. The Hall–Kier alpha value is -3.70. The van der Waals surface area contributed by atoms with Gasteiger partial charge in [-0.3, -0.25) is 34.2 Å². The van der Waals surface area contributed by atoms with E-state index in [1.165, 1.54) is 13.3 Å². The second-order valence-electron chi connectivity index (χ2n) is 15.7. The molecule has 4 aliphatic rings. The maximum absolute atomic E-state index is 14.4. The molecule has 310 valence electrons. The molecule has 4 fully saturated rings. The second-order valence-corrected chi connectivity index (χ2v) is 15.7. The van der Waals surface area contributed by atoms with Crippen molar-refractivity contribution in [2.24, 2.45) is 29.1 Å². The molecule has 53 heavy (non-hydrogen) atoms. The van der Waals surface area contributed by atoms with E-state index in [0.717, 1.165) is 70.4 Å². The molecule has 0 aromatic carbocycles. The Morgan fingerprint density at radius 1 is 0.906 bits per heavy atom. The standard InChI is InChI=1S/C33H54N4O5.C4H6N2O.C2H6.C2H4.5H2/c1-6-12-25(27(38)31(41)34-23-17-18-23)35-30(40)26-24-16-11-10-15-22(24)19-37(26)32(42)28(33(3,4)5)36-29(39)20(2)21-13-8-7-9-14-21;1-3(7)4(6)2-5;2*1-2;;;;;/h20-26,28H,6-19H2,1-5H3,(H,34,41)(H,35,40)(H,36,39);2,5-6H,1H3;1-2H3;1-2H2;5*1H/t20-,22?,24?,25-,26-,28-;;;;;;;;/m1......../s1. The number of nitrogens with one attached hydrogen (secondary N) is 5. The average molecular weight is 753 g/mol. The first-order chi connectivity index (χ1) is 25.1. The van der Waals surface area contributed by atoms with Crippen LogP contribution in [-0.2, 0) is 28.8 Å². The van der Waals surface area contributed by atoms with Crippen LogP contribution < -0.4 is 16.0 Å². The van der Waals surface area contributed by atoms with Gasteiger partial charge in [-0.15, -0.1) is 13.2 Å². The molecule has 2 unspecified atom stereocenters. The zero-order valence-corrected chi connectivity index (χ0v) is 33.9. The summed E-state index contributed by atoms with van der Waals surface area (Å²) in [6.07, 6.45) is 12.9. The van der Waals surface area contributed by atoms with E-state index in [2.05, 4.69) is 29.1 Å².